The number of piperidine rings is 2. The fraction of sp³-hybridized carbons (Fsp3) is 0.429. The van der Waals surface area contributed by atoms with Gasteiger partial charge in [0.2, 0.25) is 5.76 Å². The van der Waals surface area contributed by atoms with E-state index in [9.17, 15) is 9.90 Å². The van der Waals surface area contributed by atoms with E-state index < -0.39 is 0 Å². The molecule has 6 heteroatoms. The third-order valence-corrected chi connectivity index (χ3v) is 7.38. The topological polar surface area (TPSA) is 69.8 Å². The number of likely N-dealkylation sites (tertiary alicyclic amines) is 2. The van der Waals surface area contributed by atoms with E-state index in [1.807, 2.05) is 47.4 Å². The van der Waals surface area contributed by atoms with Crippen molar-refractivity contribution in [1.82, 2.24) is 15.0 Å². The van der Waals surface area contributed by atoms with E-state index in [0.717, 1.165) is 68.7 Å². The molecular weight excluding hydrogens is 426 g/mol. The van der Waals surface area contributed by atoms with Gasteiger partial charge >= 0.3 is 0 Å². The first-order valence-electron chi connectivity index (χ1n) is 12.4. The molecule has 178 valence electrons. The zero-order valence-corrected chi connectivity index (χ0v) is 19.6. The van der Waals surface area contributed by atoms with Gasteiger partial charge in [-0.2, -0.15) is 0 Å². The molecule has 1 N–H and O–H groups in total. The molecule has 6 nitrogen and oxygen atoms in total. The molecule has 2 aliphatic rings. The third-order valence-electron chi connectivity index (χ3n) is 7.38. The third kappa shape index (κ3) is 4.93. The molecule has 0 saturated carbocycles. The highest BCUT2D eigenvalue weighted by molar-refractivity contribution is 5.91. The Morgan fingerprint density at radius 1 is 0.971 bits per heavy atom. The van der Waals surface area contributed by atoms with Gasteiger partial charge in [0, 0.05) is 38.3 Å². The van der Waals surface area contributed by atoms with Crippen LogP contribution in [0.3, 0.4) is 0 Å². The van der Waals surface area contributed by atoms with Crippen LogP contribution in [-0.2, 0) is 0 Å². The Bertz CT molecular complexity index is 1020. The summed E-state index contributed by atoms with van der Waals surface area (Å²) in [7, 11) is 0. The maximum Gasteiger partial charge on any atom is 0.292 e. The minimum atomic E-state index is -0.0861. The first-order valence-corrected chi connectivity index (χ1v) is 12.4. The lowest BCUT2D eigenvalue weighted by atomic mass is 9.88. The highest BCUT2D eigenvalue weighted by Gasteiger charge is 2.32. The molecule has 1 atom stereocenters. The van der Waals surface area contributed by atoms with Gasteiger partial charge in [0.05, 0.1) is 11.6 Å². The van der Waals surface area contributed by atoms with Gasteiger partial charge in [-0.15, -0.1) is 0 Å². The Hall–Kier alpha value is -2.96. The molecule has 2 aromatic carbocycles. The van der Waals surface area contributed by atoms with E-state index in [0.29, 0.717) is 17.7 Å². The lowest BCUT2D eigenvalue weighted by Crippen LogP contribution is -2.50. The van der Waals surface area contributed by atoms with Gasteiger partial charge in [-0.3, -0.25) is 9.69 Å². The number of nitrogens with zero attached hydrogens (tertiary/aromatic N) is 3. The number of aliphatic hydroxyl groups excluding tert-OH is 1. The molecule has 0 unspecified atom stereocenters. The smallest absolute Gasteiger partial charge is 0.292 e. The number of carbonyl (C=O) groups excluding carboxylic acids is 1. The minimum Gasteiger partial charge on any atom is -0.396 e. The summed E-state index contributed by atoms with van der Waals surface area (Å²) in [5.41, 5.74) is 2.98. The zero-order chi connectivity index (χ0) is 23.3. The molecule has 0 aliphatic carbocycles. The first kappa shape index (κ1) is 22.8. The highest BCUT2D eigenvalue weighted by Crippen LogP contribution is 2.32. The number of carbonyl (C=O) groups is 1. The summed E-state index contributed by atoms with van der Waals surface area (Å²) in [6.07, 6.45) is 4.18. The zero-order valence-electron chi connectivity index (χ0n) is 19.6. The molecule has 0 bridgehead atoms. The molecule has 2 saturated heterocycles. The van der Waals surface area contributed by atoms with E-state index >= 15 is 0 Å². The number of rotatable bonds is 6. The summed E-state index contributed by atoms with van der Waals surface area (Å²) in [5.74, 6) is 0.535. The molecule has 1 amide bonds. The molecule has 2 aliphatic heterocycles. The van der Waals surface area contributed by atoms with Gasteiger partial charge in [0.15, 0.2) is 0 Å². The number of hydrogen-bond acceptors (Lipinski definition) is 5. The maximum absolute atomic E-state index is 13.2. The number of aromatic nitrogens is 1. The number of benzene rings is 2. The van der Waals surface area contributed by atoms with Crippen LogP contribution in [0, 0.1) is 5.92 Å². The molecule has 0 radical (unpaired) electrons. The Morgan fingerprint density at radius 3 is 2.24 bits per heavy atom. The lowest BCUT2D eigenvalue weighted by molar-refractivity contribution is 0.0433. The number of hydrogen-bond donors (Lipinski definition) is 1. The van der Waals surface area contributed by atoms with Crippen molar-refractivity contribution >= 4 is 5.91 Å². The highest BCUT2D eigenvalue weighted by atomic mass is 16.5. The average Bonchev–Trinajstić information content (AvgIpc) is 3.39. The molecule has 3 aromatic rings. The second kappa shape index (κ2) is 10.5. The normalized spacial score (nSPS) is 20.1. The van der Waals surface area contributed by atoms with Crippen LogP contribution in [0.25, 0.3) is 0 Å². The summed E-state index contributed by atoms with van der Waals surface area (Å²) in [6.45, 7) is 3.79. The summed E-state index contributed by atoms with van der Waals surface area (Å²) in [5, 5.41) is 13.9. The van der Waals surface area contributed by atoms with Gasteiger partial charge in [-0.25, -0.2) is 0 Å². The Morgan fingerprint density at radius 2 is 1.62 bits per heavy atom. The average molecular weight is 460 g/mol. The lowest BCUT2D eigenvalue weighted by Gasteiger charge is -2.41. The van der Waals surface area contributed by atoms with Crippen LogP contribution in [0.4, 0.5) is 0 Å². The standard InChI is InChI=1S/C28H33N3O3/c32-20-21-8-7-15-31(19-21)24-13-16-30(17-14-24)28(33)26-18-25(29-34-26)27(22-9-3-1-4-10-22)23-11-5-2-6-12-23/h1-6,9-12,18,21,24,27,32H,7-8,13-17,19-20H2/t21-/m0/s1. The summed E-state index contributed by atoms with van der Waals surface area (Å²) < 4.78 is 5.60. The van der Waals surface area contributed by atoms with Crippen LogP contribution < -0.4 is 0 Å². The summed E-state index contributed by atoms with van der Waals surface area (Å²) in [4.78, 5) is 17.6. The first-order chi connectivity index (χ1) is 16.7. The SMILES string of the molecule is O=C(c1cc(C(c2ccccc2)c2ccccc2)no1)N1CCC(N2CCC[C@H](CO)C2)CC1. The molecule has 5 rings (SSSR count). The largest absolute Gasteiger partial charge is 0.396 e. The minimum absolute atomic E-state index is 0.0797. The Kier molecular flexibility index (Phi) is 7.07. The quantitative estimate of drug-likeness (QED) is 0.599. The monoisotopic (exact) mass is 459 g/mol. The van der Waals surface area contributed by atoms with Crippen molar-refractivity contribution in [3.05, 3.63) is 89.3 Å². The van der Waals surface area contributed by atoms with Crippen molar-refractivity contribution < 1.29 is 14.4 Å². The number of amides is 1. The molecular formula is C28H33N3O3. The van der Waals surface area contributed by atoms with Crippen LogP contribution in [0.2, 0.25) is 0 Å². The van der Waals surface area contributed by atoms with Crippen molar-refractivity contribution in [2.75, 3.05) is 32.8 Å². The predicted octanol–water partition coefficient (Wildman–Crippen LogP) is 4.16. The van der Waals surface area contributed by atoms with Crippen molar-refractivity contribution in [3.63, 3.8) is 0 Å². The Balaban J connectivity index is 1.27. The van der Waals surface area contributed by atoms with Crippen molar-refractivity contribution in [2.45, 2.75) is 37.6 Å². The van der Waals surface area contributed by atoms with E-state index in [4.69, 9.17) is 4.52 Å². The fourth-order valence-corrected chi connectivity index (χ4v) is 5.52. The van der Waals surface area contributed by atoms with E-state index in [2.05, 4.69) is 34.3 Å². The van der Waals surface area contributed by atoms with E-state index in [1.165, 1.54) is 0 Å². The molecule has 3 heterocycles. The van der Waals surface area contributed by atoms with Crippen LogP contribution in [-0.4, -0.2) is 64.8 Å². The molecule has 0 spiro atoms. The van der Waals surface area contributed by atoms with Crippen molar-refractivity contribution in [2.24, 2.45) is 5.92 Å². The van der Waals surface area contributed by atoms with E-state index in [1.54, 1.807) is 0 Å². The van der Waals surface area contributed by atoms with Crippen LogP contribution in [0.5, 0.6) is 0 Å². The summed E-state index contributed by atoms with van der Waals surface area (Å²) >= 11 is 0. The summed E-state index contributed by atoms with van der Waals surface area (Å²) in [6, 6.07) is 22.7. The van der Waals surface area contributed by atoms with E-state index in [-0.39, 0.29) is 18.4 Å². The maximum atomic E-state index is 13.2. The fourth-order valence-electron chi connectivity index (χ4n) is 5.52. The molecule has 1 aromatic heterocycles. The van der Waals surface area contributed by atoms with Crippen LogP contribution in [0.15, 0.2) is 71.3 Å². The number of aliphatic hydroxyl groups is 1. The van der Waals surface area contributed by atoms with Crippen LogP contribution in [0.1, 0.15) is 59.0 Å². The van der Waals surface area contributed by atoms with Gasteiger partial charge in [-0.1, -0.05) is 65.8 Å². The van der Waals surface area contributed by atoms with Crippen molar-refractivity contribution in [1.29, 1.82) is 0 Å². The molecule has 34 heavy (non-hydrogen) atoms. The van der Waals surface area contributed by atoms with Gasteiger partial charge in [0.25, 0.3) is 5.91 Å². The van der Waals surface area contributed by atoms with Gasteiger partial charge in [0.1, 0.15) is 0 Å². The van der Waals surface area contributed by atoms with Crippen molar-refractivity contribution in [3.8, 4) is 0 Å². The second-order valence-corrected chi connectivity index (χ2v) is 9.58. The predicted molar refractivity (Wildman–Crippen MR) is 131 cm³/mol. The molecule has 2 fully saturated rings. The van der Waals surface area contributed by atoms with Crippen LogP contribution >= 0.6 is 0 Å². The van der Waals surface area contributed by atoms with Gasteiger partial charge < -0.3 is 14.5 Å². The van der Waals surface area contributed by atoms with Gasteiger partial charge in [-0.05, 0) is 49.3 Å². The Labute approximate surface area is 201 Å². The second-order valence-electron chi connectivity index (χ2n) is 9.58.